The van der Waals surface area contributed by atoms with Gasteiger partial charge in [0.15, 0.2) is 4.90 Å². The van der Waals surface area contributed by atoms with Gasteiger partial charge in [0, 0.05) is 36.3 Å². The number of hydrogen-bond acceptors (Lipinski definition) is 5. The van der Waals surface area contributed by atoms with E-state index < -0.39 is 20.6 Å². The highest BCUT2D eigenvalue weighted by molar-refractivity contribution is 7.89. The summed E-state index contributed by atoms with van der Waals surface area (Å²) >= 11 is 5.76. The van der Waals surface area contributed by atoms with Gasteiger partial charge in [-0.2, -0.15) is 4.31 Å². The van der Waals surface area contributed by atoms with Crippen molar-refractivity contribution in [1.82, 2.24) is 9.62 Å². The number of nitrogens with one attached hydrogen (secondary N) is 1. The molecule has 7 nitrogen and oxygen atoms in total. The lowest BCUT2D eigenvalue weighted by Crippen LogP contribution is -2.48. The fourth-order valence-corrected chi connectivity index (χ4v) is 5.21. The summed E-state index contributed by atoms with van der Waals surface area (Å²) in [7, 11) is -2.44. The van der Waals surface area contributed by atoms with Crippen LogP contribution < -0.4 is 5.32 Å². The maximum atomic E-state index is 12.9. The number of nitro groups is 1. The quantitative estimate of drug-likeness (QED) is 0.624. The molecule has 2 saturated heterocycles. The Labute approximate surface area is 152 Å². The van der Waals surface area contributed by atoms with Gasteiger partial charge in [0.25, 0.3) is 5.69 Å². The molecule has 10 heteroatoms. The second-order valence-electron chi connectivity index (χ2n) is 6.15. The summed E-state index contributed by atoms with van der Waals surface area (Å²) in [6, 6.07) is 4.17. The molecule has 2 unspecified atom stereocenters. The predicted octanol–water partition coefficient (Wildman–Crippen LogP) is 2.57. The van der Waals surface area contributed by atoms with Gasteiger partial charge in [0.2, 0.25) is 10.0 Å². The normalized spacial score (nSPS) is 26.2. The summed E-state index contributed by atoms with van der Waals surface area (Å²) in [4.78, 5) is 10.2. The lowest BCUT2D eigenvalue weighted by Gasteiger charge is -2.34. The smallest absolute Gasteiger partial charge is 0.290 e. The average molecular weight is 396 g/mol. The zero-order valence-electron chi connectivity index (χ0n) is 13.0. The third kappa shape index (κ3) is 3.52. The summed E-state index contributed by atoms with van der Waals surface area (Å²) < 4.78 is 27.0. The molecular weight excluding hydrogens is 377 g/mol. The van der Waals surface area contributed by atoms with Crippen LogP contribution in [-0.4, -0.2) is 42.8 Å². The second-order valence-corrected chi connectivity index (χ2v) is 8.56. The maximum absolute atomic E-state index is 12.9. The summed E-state index contributed by atoms with van der Waals surface area (Å²) in [5.41, 5.74) is -0.485. The minimum absolute atomic E-state index is 0. The van der Waals surface area contributed by atoms with Gasteiger partial charge in [0.1, 0.15) is 0 Å². The van der Waals surface area contributed by atoms with E-state index in [1.165, 1.54) is 23.5 Å². The van der Waals surface area contributed by atoms with Crippen molar-refractivity contribution in [2.24, 2.45) is 0 Å². The molecule has 0 aromatic heterocycles. The van der Waals surface area contributed by atoms with Gasteiger partial charge in [-0.1, -0.05) is 11.6 Å². The van der Waals surface area contributed by atoms with Crippen LogP contribution in [0.2, 0.25) is 5.02 Å². The van der Waals surface area contributed by atoms with E-state index in [0.29, 0.717) is 12.1 Å². The summed E-state index contributed by atoms with van der Waals surface area (Å²) in [5.74, 6) is 0. The minimum Gasteiger partial charge on any atom is -0.311 e. The average Bonchev–Trinajstić information content (AvgIpc) is 2.84. The lowest BCUT2D eigenvalue weighted by molar-refractivity contribution is -0.387. The Kier molecular flexibility index (Phi) is 5.76. The van der Waals surface area contributed by atoms with Crippen molar-refractivity contribution in [3.8, 4) is 0 Å². The fraction of sp³-hybridized carbons (Fsp3) is 0.571. The van der Waals surface area contributed by atoms with E-state index in [-0.39, 0.29) is 28.4 Å². The Morgan fingerprint density at radius 3 is 2.42 bits per heavy atom. The van der Waals surface area contributed by atoms with Crippen LogP contribution in [0.1, 0.15) is 25.7 Å². The lowest BCUT2D eigenvalue weighted by atomic mass is 10.0. The number of nitrogens with zero attached hydrogens (tertiary/aromatic N) is 2. The third-order valence-corrected chi connectivity index (χ3v) is 6.93. The summed E-state index contributed by atoms with van der Waals surface area (Å²) in [6.45, 7) is 0. The fourth-order valence-electron chi connectivity index (χ4n) is 3.53. The zero-order valence-corrected chi connectivity index (χ0v) is 15.4. The molecule has 24 heavy (non-hydrogen) atoms. The van der Waals surface area contributed by atoms with Crippen LogP contribution in [0.5, 0.6) is 0 Å². The van der Waals surface area contributed by atoms with Gasteiger partial charge >= 0.3 is 0 Å². The van der Waals surface area contributed by atoms with Crippen LogP contribution in [0, 0.1) is 10.1 Å². The molecule has 1 N–H and O–H groups in total. The van der Waals surface area contributed by atoms with Crippen molar-refractivity contribution >= 4 is 39.7 Å². The first-order valence-corrected chi connectivity index (χ1v) is 9.29. The Morgan fingerprint density at radius 1 is 1.29 bits per heavy atom. The highest BCUT2D eigenvalue weighted by Crippen LogP contribution is 2.34. The third-order valence-electron chi connectivity index (χ3n) is 4.74. The van der Waals surface area contributed by atoms with E-state index in [9.17, 15) is 18.5 Å². The van der Waals surface area contributed by atoms with E-state index >= 15 is 0 Å². The molecule has 0 radical (unpaired) electrons. The standard InChI is InChI=1S/C14H18ClN3O4S.ClH/c1-17(12-7-10-3-4-11(8-12)16-10)23(21,22)14-5-2-9(15)6-13(14)18(19)20;/h2,5-6,10-12,16H,3-4,7-8H2,1H3;1H. The molecule has 0 aliphatic carbocycles. The van der Waals surface area contributed by atoms with Crippen molar-refractivity contribution < 1.29 is 13.3 Å². The number of rotatable bonds is 4. The van der Waals surface area contributed by atoms with Crippen molar-refractivity contribution in [2.45, 2.75) is 48.7 Å². The van der Waals surface area contributed by atoms with Gasteiger partial charge in [-0.25, -0.2) is 8.42 Å². The Bertz CT molecular complexity index is 732. The largest absolute Gasteiger partial charge is 0.311 e. The van der Waals surface area contributed by atoms with Crippen molar-refractivity contribution in [2.75, 3.05) is 7.05 Å². The molecular formula is C14H19Cl2N3O4S. The first kappa shape index (κ1) is 19.4. The van der Waals surface area contributed by atoms with Crippen molar-refractivity contribution in [1.29, 1.82) is 0 Å². The molecule has 3 rings (SSSR count). The number of fused-ring (bicyclic) bond motifs is 2. The monoisotopic (exact) mass is 395 g/mol. The van der Waals surface area contributed by atoms with Crippen LogP contribution >= 0.6 is 24.0 Å². The number of nitro benzene ring substituents is 1. The molecule has 0 saturated carbocycles. The highest BCUT2D eigenvalue weighted by atomic mass is 35.5. The summed E-state index contributed by atoms with van der Waals surface area (Å²) in [6.07, 6.45) is 3.56. The van der Waals surface area contributed by atoms with Gasteiger partial charge in [-0.3, -0.25) is 10.1 Å². The van der Waals surface area contributed by atoms with Crippen LogP contribution in [0.15, 0.2) is 23.1 Å². The van der Waals surface area contributed by atoms with Crippen molar-refractivity contribution in [3.05, 3.63) is 33.3 Å². The highest BCUT2D eigenvalue weighted by Gasteiger charge is 2.40. The number of halogens is 2. The number of hydrogen-bond donors (Lipinski definition) is 1. The number of benzene rings is 1. The predicted molar refractivity (Wildman–Crippen MR) is 93.3 cm³/mol. The van der Waals surface area contributed by atoms with E-state index in [0.717, 1.165) is 31.7 Å². The molecule has 1 aromatic rings. The number of piperidine rings is 1. The first-order chi connectivity index (χ1) is 10.8. The van der Waals surface area contributed by atoms with Crippen molar-refractivity contribution in [3.63, 3.8) is 0 Å². The Morgan fingerprint density at radius 2 is 1.88 bits per heavy atom. The molecule has 134 valence electrons. The van der Waals surface area contributed by atoms with Crippen LogP contribution in [0.4, 0.5) is 5.69 Å². The minimum atomic E-state index is -3.94. The van der Waals surface area contributed by atoms with Gasteiger partial charge in [-0.05, 0) is 37.8 Å². The molecule has 0 spiro atoms. The van der Waals surface area contributed by atoms with Crippen LogP contribution in [0.25, 0.3) is 0 Å². The second kappa shape index (κ2) is 7.13. The maximum Gasteiger partial charge on any atom is 0.290 e. The summed E-state index contributed by atoms with van der Waals surface area (Å²) in [5, 5.41) is 14.8. The van der Waals surface area contributed by atoms with Gasteiger partial charge in [0.05, 0.1) is 4.92 Å². The Hall–Kier alpha value is -0.930. The van der Waals surface area contributed by atoms with E-state index in [4.69, 9.17) is 11.6 Å². The zero-order chi connectivity index (χ0) is 16.8. The van der Waals surface area contributed by atoms with Gasteiger partial charge in [-0.15, -0.1) is 12.4 Å². The molecule has 2 aliphatic rings. The van der Waals surface area contributed by atoms with Crippen LogP contribution in [0.3, 0.4) is 0 Å². The molecule has 2 aliphatic heterocycles. The molecule has 1 aromatic carbocycles. The van der Waals surface area contributed by atoms with E-state index in [1.807, 2.05) is 0 Å². The Balaban J connectivity index is 0.00000208. The number of sulfonamides is 1. The van der Waals surface area contributed by atoms with E-state index in [2.05, 4.69) is 5.32 Å². The van der Waals surface area contributed by atoms with E-state index in [1.54, 1.807) is 0 Å². The topological polar surface area (TPSA) is 92.6 Å². The van der Waals surface area contributed by atoms with Gasteiger partial charge < -0.3 is 5.32 Å². The molecule has 0 amide bonds. The van der Waals surface area contributed by atoms with Crippen LogP contribution in [-0.2, 0) is 10.0 Å². The molecule has 2 atom stereocenters. The molecule has 2 heterocycles. The molecule has 2 bridgehead atoms. The molecule has 2 fully saturated rings. The first-order valence-electron chi connectivity index (χ1n) is 7.47. The SMILES string of the molecule is CN(C1CC2CCC(C1)N2)S(=O)(=O)c1ccc(Cl)cc1[N+](=O)[O-].Cl.